The molecule has 0 saturated heterocycles. The molecule has 6 heteroatoms. The molecule has 0 spiro atoms. The number of aromatic amines is 1. The maximum atomic E-state index is 7.72. The molecule has 0 aliphatic carbocycles. The third kappa shape index (κ3) is 2.20. The molecule has 19 heavy (non-hydrogen) atoms. The Hall–Kier alpha value is -2.63. The van der Waals surface area contributed by atoms with Gasteiger partial charge in [0.2, 0.25) is 0 Å². The lowest BCUT2D eigenvalue weighted by Gasteiger charge is -2.01. The zero-order valence-corrected chi connectivity index (χ0v) is 10.4. The summed E-state index contributed by atoms with van der Waals surface area (Å²) < 4.78 is 7.35. The Bertz CT molecular complexity index is 760. The lowest BCUT2D eigenvalue weighted by molar-refractivity contribution is 0.284. The summed E-state index contributed by atoms with van der Waals surface area (Å²) in [6.45, 7) is 0.436. The summed E-state index contributed by atoms with van der Waals surface area (Å²) in [4.78, 5) is 11.2. The van der Waals surface area contributed by atoms with E-state index in [2.05, 4.69) is 15.0 Å². The molecule has 6 nitrogen and oxygen atoms in total. The molecule has 1 aromatic carbocycles. The Labute approximate surface area is 109 Å². The van der Waals surface area contributed by atoms with Crippen molar-refractivity contribution in [2.75, 3.05) is 0 Å². The minimum atomic E-state index is 0.162. The highest BCUT2D eigenvalue weighted by molar-refractivity contribution is 5.69. The molecule has 0 bridgehead atoms. The Balaban J connectivity index is 1.88. The topological polar surface area (TPSA) is 79.6 Å². The molecule has 3 aromatic rings. The predicted octanol–water partition coefficient (Wildman–Crippen LogP) is 1.35. The molecule has 0 radical (unpaired) electrons. The van der Waals surface area contributed by atoms with Crippen LogP contribution in [0.1, 0.15) is 5.56 Å². The molecule has 0 unspecified atom stereocenters. The van der Waals surface area contributed by atoms with Crippen LogP contribution in [0, 0.1) is 5.41 Å². The Morgan fingerprint density at radius 2 is 2.11 bits per heavy atom. The zero-order valence-electron chi connectivity index (χ0n) is 10.4. The normalized spacial score (nSPS) is 10.8. The molecule has 0 atom stereocenters. The number of aryl methyl sites for hydroxylation is 1. The summed E-state index contributed by atoms with van der Waals surface area (Å²) in [5.74, 6) is 0. The Morgan fingerprint density at radius 1 is 1.32 bits per heavy atom. The molecule has 0 aliphatic rings. The van der Waals surface area contributed by atoms with Gasteiger partial charge in [0.25, 0.3) is 6.01 Å². The number of hydrogen-bond acceptors (Lipinski definition) is 4. The van der Waals surface area contributed by atoms with Crippen molar-refractivity contribution < 1.29 is 4.74 Å². The number of imidazole rings is 1. The number of H-pyrrole nitrogens is 1. The zero-order chi connectivity index (χ0) is 13.2. The first-order chi connectivity index (χ1) is 9.24. The highest BCUT2D eigenvalue weighted by Crippen LogP contribution is 2.12. The van der Waals surface area contributed by atoms with E-state index >= 15 is 0 Å². The summed E-state index contributed by atoms with van der Waals surface area (Å²) in [5.41, 5.74) is 2.46. The molecule has 0 fully saturated rings. The van der Waals surface area contributed by atoms with Crippen LogP contribution in [0.25, 0.3) is 11.2 Å². The number of rotatable bonds is 3. The van der Waals surface area contributed by atoms with Crippen LogP contribution in [-0.4, -0.2) is 19.5 Å². The SMILES string of the molecule is Cn1cnc(=N)c2[nH]c(OCc3ccccc3)nc21. The lowest BCUT2D eigenvalue weighted by atomic mass is 10.2. The van der Waals surface area contributed by atoms with Gasteiger partial charge in [-0.2, -0.15) is 4.98 Å². The van der Waals surface area contributed by atoms with Gasteiger partial charge in [-0.3, -0.25) is 5.41 Å². The van der Waals surface area contributed by atoms with Crippen LogP contribution in [0.5, 0.6) is 6.01 Å². The minimum absolute atomic E-state index is 0.162. The van der Waals surface area contributed by atoms with Gasteiger partial charge in [-0.25, -0.2) is 4.98 Å². The highest BCUT2D eigenvalue weighted by atomic mass is 16.5. The van der Waals surface area contributed by atoms with Gasteiger partial charge < -0.3 is 14.3 Å². The smallest absolute Gasteiger partial charge is 0.296 e. The third-order valence-electron chi connectivity index (χ3n) is 2.81. The van der Waals surface area contributed by atoms with Crippen LogP contribution in [0.3, 0.4) is 0 Å². The van der Waals surface area contributed by atoms with Crippen molar-refractivity contribution in [2.24, 2.45) is 7.05 Å². The van der Waals surface area contributed by atoms with Crippen molar-refractivity contribution in [3.8, 4) is 6.01 Å². The van der Waals surface area contributed by atoms with Crippen LogP contribution >= 0.6 is 0 Å². The molecular formula is C13H13N5O. The Kier molecular flexibility index (Phi) is 2.75. The molecule has 2 N–H and O–H groups in total. The molecule has 3 rings (SSSR count). The fourth-order valence-corrected chi connectivity index (χ4v) is 1.82. The quantitative estimate of drug-likeness (QED) is 0.741. The second-order valence-corrected chi connectivity index (χ2v) is 4.22. The Morgan fingerprint density at radius 3 is 2.84 bits per heavy atom. The van der Waals surface area contributed by atoms with Crippen molar-refractivity contribution in [3.05, 3.63) is 47.7 Å². The van der Waals surface area contributed by atoms with Crippen molar-refractivity contribution in [1.82, 2.24) is 19.5 Å². The van der Waals surface area contributed by atoms with Gasteiger partial charge in [0.05, 0.1) is 6.33 Å². The van der Waals surface area contributed by atoms with Gasteiger partial charge in [0.15, 0.2) is 11.1 Å². The van der Waals surface area contributed by atoms with E-state index < -0.39 is 0 Å². The number of nitrogens with zero attached hydrogens (tertiary/aromatic N) is 3. The number of fused-ring (bicyclic) bond motifs is 1. The molecule has 2 heterocycles. The van der Waals surface area contributed by atoms with Crippen LogP contribution in [-0.2, 0) is 13.7 Å². The van der Waals surface area contributed by atoms with E-state index in [0.717, 1.165) is 5.56 Å². The van der Waals surface area contributed by atoms with E-state index in [9.17, 15) is 0 Å². The first-order valence-electron chi connectivity index (χ1n) is 5.87. The average molecular weight is 255 g/mol. The first kappa shape index (κ1) is 11.5. The molecule has 96 valence electrons. The van der Waals surface area contributed by atoms with Crippen molar-refractivity contribution in [3.63, 3.8) is 0 Å². The number of benzene rings is 1. The number of hydrogen-bond donors (Lipinski definition) is 2. The van der Waals surface area contributed by atoms with E-state index in [0.29, 0.717) is 23.8 Å². The van der Waals surface area contributed by atoms with Crippen LogP contribution < -0.4 is 10.2 Å². The van der Waals surface area contributed by atoms with Crippen molar-refractivity contribution >= 4 is 11.2 Å². The van der Waals surface area contributed by atoms with Crippen molar-refractivity contribution in [2.45, 2.75) is 6.61 Å². The molecule has 0 aliphatic heterocycles. The van der Waals surface area contributed by atoms with Crippen LogP contribution in [0.2, 0.25) is 0 Å². The summed E-state index contributed by atoms with van der Waals surface area (Å²) >= 11 is 0. The van der Waals surface area contributed by atoms with E-state index in [-0.39, 0.29) is 5.49 Å². The lowest BCUT2D eigenvalue weighted by Crippen LogP contribution is -2.10. The van der Waals surface area contributed by atoms with Gasteiger partial charge in [-0.15, -0.1) is 0 Å². The maximum absolute atomic E-state index is 7.72. The van der Waals surface area contributed by atoms with Gasteiger partial charge in [0.1, 0.15) is 12.1 Å². The fraction of sp³-hybridized carbons (Fsp3) is 0.154. The van der Waals surface area contributed by atoms with Crippen molar-refractivity contribution in [1.29, 1.82) is 5.41 Å². The monoisotopic (exact) mass is 255 g/mol. The minimum Gasteiger partial charge on any atom is -0.460 e. The molecule has 0 saturated carbocycles. The average Bonchev–Trinajstić information content (AvgIpc) is 2.87. The van der Waals surface area contributed by atoms with Gasteiger partial charge in [-0.05, 0) is 5.56 Å². The van der Waals surface area contributed by atoms with Crippen LogP contribution in [0.4, 0.5) is 0 Å². The second-order valence-electron chi connectivity index (χ2n) is 4.22. The molecular weight excluding hydrogens is 242 g/mol. The molecule has 0 amide bonds. The van der Waals surface area contributed by atoms with E-state index in [1.54, 1.807) is 10.9 Å². The van der Waals surface area contributed by atoms with Gasteiger partial charge in [0, 0.05) is 7.05 Å². The fourth-order valence-electron chi connectivity index (χ4n) is 1.82. The summed E-state index contributed by atoms with van der Waals surface area (Å²) in [6, 6.07) is 10.3. The first-order valence-corrected chi connectivity index (χ1v) is 5.87. The highest BCUT2D eigenvalue weighted by Gasteiger charge is 2.07. The number of nitrogens with one attached hydrogen (secondary N) is 2. The summed E-state index contributed by atoms with van der Waals surface area (Å²) in [5, 5.41) is 7.72. The summed E-state index contributed by atoms with van der Waals surface area (Å²) in [7, 11) is 1.83. The van der Waals surface area contributed by atoms with Crippen LogP contribution in [0.15, 0.2) is 36.7 Å². The van der Waals surface area contributed by atoms with E-state index in [1.807, 2.05) is 37.4 Å². The predicted molar refractivity (Wildman–Crippen MR) is 69.5 cm³/mol. The van der Waals surface area contributed by atoms with E-state index in [4.69, 9.17) is 10.1 Å². The standard InChI is InChI=1S/C13H13N5O/c1-18-8-15-11(14)10-12(18)17-13(16-10)19-7-9-5-3-2-4-6-9/h2-6,8,14H,7H2,1H3,(H,16,17). The molecule has 2 aromatic heterocycles. The summed E-state index contributed by atoms with van der Waals surface area (Å²) in [6.07, 6.45) is 1.56. The second kappa shape index (κ2) is 4.56. The third-order valence-corrected chi connectivity index (χ3v) is 2.81. The maximum Gasteiger partial charge on any atom is 0.296 e. The largest absolute Gasteiger partial charge is 0.460 e. The number of ether oxygens (including phenoxy) is 1. The number of aromatic nitrogens is 4. The van der Waals surface area contributed by atoms with Gasteiger partial charge >= 0.3 is 0 Å². The van der Waals surface area contributed by atoms with Gasteiger partial charge in [-0.1, -0.05) is 30.3 Å². The van der Waals surface area contributed by atoms with E-state index in [1.165, 1.54) is 0 Å².